The number of nitrogens with two attached hydrogens (primary N) is 1. The predicted octanol–water partition coefficient (Wildman–Crippen LogP) is 2.23. The molecule has 3 rings (SSSR count). The number of nitrogens with zero attached hydrogens (tertiary/aromatic N) is 4. The van der Waals surface area contributed by atoms with Crippen LogP contribution in [0.25, 0.3) is 22.3 Å². The molecule has 0 fully saturated rings. The quantitative estimate of drug-likeness (QED) is 0.722. The molecule has 0 spiro atoms. The third-order valence-electron chi connectivity index (χ3n) is 3.27. The van der Waals surface area contributed by atoms with Crippen LogP contribution in [-0.2, 0) is 7.05 Å². The minimum Gasteiger partial charge on any atom is -0.368 e. The highest BCUT2D eigenvalue weighted by Gasteiger charge is 2.08. The lowest BCUT2D eigenvalue weighted by molar-refractivity contribution is 0.886. The molecule has 96 valence electrons. The van der Waals surface area contributed by atoms with Crippen molar-refractivity contribution in [2.45, 2.75) is 13.8 Å². The zero-order valence-electron chi connectivity index (χ0n) is 11.2. The molecule has 0 amide bonds. The third-order valence-corrected chi connectivity index (χ3v) is 3.27. The van der Waals surface area contributed by atoms with Gasteiger partial charge in [0.05, 0.1) is 16.7 Å². The summed E-state index contributed by atoms with van der Waals surface area (Å²) in [6.07, 6.45) is 0. The van der Waals surface area contributed by atoms with Gasteiger partial charge >= 0.3 is 0 Å². The van der Waals surface area contributed by atoms with Gasteiger partial charge in [-0.3, -0.25) is 0 Å². The number of rotatable bonds is 1. The van der Waals surface area contributed by atoms with Crippen molar-refractivity contribution in [3.05, 3.63) is 35.8 Å². The van der Waals surface area contributed by atoms with E-state index in [0.717, 1.165) is 33.8 Å². The van der Waals surface area contributed by atoms with Crippen molar-refractivity contribution in [1.82, 2.24) is 19.5 Å². The maximum atomic E-state index is 5.70. The first-order chi connectivity index (χ1) is 9.04. The average molecular weight is 253 g/mol. The van der Waals surface area contributed by atoms with Gasteiger partial charge in [-0.1, -0.05) is 6.07 Å². The molecule has 1 aromatic carbocycles. The van der Waals surface area contributed by atoms with E-state index >= 15 is 0 Å². The van der Waals surface area contributed by atoms with E-state index in [-0.39, 0.29) is 0 Å². The maximum absolute atomic E-state index is 5.70. The first-order valence-electron chi connectivity index (χ1n) is 6.09. The number of aryl methyl sites for hydroxylation is 3. The van der Waals surface area contributed by atoms with Crippen LogP contribution >= 0.6 is 0 Å². The van der Waals surface area contributed by atoms with E-state index < -0.39 is 0 Å². The maximum Gasteiger partial charge on any atom is 0.220 e. The monoisotopic (exact) mass is 253 g/mol. The van der Waals surface area contributed by atoms with E-state index in [4.69, 9.17) is 5.73 Å². The topological polar surface area (TPSA) is 69.6 Å². The highest BCUT2D eigenvalue weighted by Crippen LogP contribution is 2.23. The van der Waals surface area contributed by atoms with Crippen LogP contribution in [0.4, 0.5) is 5.95 Å². The molecule has 0 aliphatic carbocycles. The van der Waals surface area contributed by atoms with E-state index in [2.05, 4.69) is 25.6 Å². The van der Waals surface area contributed by atoms with Crippen LogP contribution in [-0.4, -0.2) is 19.5 Å². The first-order valence-corrected chi connectivity index (χ1v) is 6.09. The highest BCUT2D eigenvalue weighted by atomic mass is 15.0. The number of hydrogen-bond acceptors (Lipinski definition) is 4. The minimum absolute atomic E-state index is 0.298. The van der Waals surface area contributed by atoms with E-state index in [9.17, 15) is 0 Å². The Labute approximate surface area is 111 Å². The lowest BCUT2D eigenvalue weighted by atomic mass is 10.1. The molecule has 2 N–H and O–H groups in total. The van der Waals surface area contributed by atoms with Crippen LogP contribution in [0.15, 0.2) is 24.3 Å². The number of aromatic nitrogens is 4. The second kappa shape index (κ2) is 4.05. The Kier molecular flexibility index (Phi) is 2.48. The molecule has 0 saturated carbocycles. The second-order valence-corrected chi connectivity index (χ2v) is 4.67. The molecule has 5 nitrogen and oxygen atoms in total. The molecule has 0 unspecified atom stereocenters. The average Bonchev–Trinajstić information content (AvgIpc) is 2.63. The van der Waals surface area contributed by atoms with Gasteiger partial charge in [0.2, 0.25) is 5.95 Å². The highest BCUT2D eigenvalue weighted by molar-refractivity contribution is 5.82. The van der Waals surface area contributed by atoms with Gasteiger partial charge in [-0.05, 0) is 32.0 Å². The van der Waals surface area contributed by atoms with Crippen LogP contribution in [0.1, 0.15) is 11.5 Å². The number of benzene rings is 1. The molecule has 19 heavy (non-hydrogen) atoms. The molecule has 2 heterocycles. The Morgan fingerprint density at radius 1 is 1.05 bits per heavy atom. The Bertz CT molecular complexity index is 753. The van der Waals surface area contributed by atoms with Crippen molar-refractivity contribution in [1.29, 1.82) is 0 Å². The van der Waals surface area contributed by atoms with Gasteiger partial charge in [0.15, 0.2) is 0 Å². The summed E-state index contributed by atoms with van der Waals surface area (Å²) in [6.45, 7) is 3.90. The van der Waals surface area contributed by atoms with E-state index in [1.807, 2.05) is 39.1 Å². The van der Waals surface area contributed by atoms with Crippen LogP contribution in [0.2, 0.25) is 0 Å². The SMILES string of the molecule is Cc1cc(-c2ccc3c(c2)nc(C)n3C)nc(N)n1. The molecule has 0 radical (unpaired) electrons. The Morgan fingerprint density at radius 2 is 1.84 bits per heavy atom. The minimum atomic E-state index is 0.298. The molecule has 2 aromatic heterocycles. The predicted molar refractivity (Wildman–Crippen MR) is 75.6 cm³/mol. The lowest BCUT2D eigenvalue weighted by Gasteiger charge is -2.04. The third kappa shape index (κ3) is 1.93. The normalized spacial score (nSPS) is 11.1. The molecular weight excluding hydrogens is 238 g/mol. The molecule has 0 bridgehead atoms. The summed E-state index contributed by atoms with van der Waals surface area (Å²) in [5.74, 6) is 1.29. The summed E-state index contributed by atoms with van der Waals surface area (Å²) in [5, 5.41) is 0. The van der Waals surface area contributed by atoms with Gasteiger partial charge in [0.25, 0.3) is 0 Å². The standard InChI is InChI=1S/C14H15N5/c1-8-6-11(18-14(15)16-8)10-4-5-13-12(7-10)17-9(2)19(13)3/h4-7H,1-3H3,(H2,15,16,18). The van der Waals surface area contributed by atoms with Crippen molar-refractivity contribution >= 4 is 17.0 Å². The zero-order chi connectivity index (χ0) is 13.6. The Morgan fingerprint density at radius 3 is 2.58 bits per heavy atom. The van der Waals surface area contributed by atoms with Crippen LogP contribution in [0.3, 0.4) is 0 Å². The number of anilines is 1. The lowest BCUT2D eigenvalue weighted by Crippen LogP contribution is -1.98. The smallest absolute Gasteiger partial charge is 0.220 e. The fourth-order valence-electron chi connectivity index (χ4n) is 2.22. The van der Waals surface area contributed by atoms with Gasteiger partial charge in [0, 0.05) is 18.3 Å². The van der Waals surface area contributed by atoms with Crippen molar-refractivity contribution in [3.63, 3.8) is 0 Å². The summed E-state index contributed by atoms with van der Waals surface area (Å²) in [5.41, 5.74) is 10.5. The summed E-state index contributed by atoms with van der Waals surface area (Å²) >= 11 is 0. The Hall–Kier alpha value is -2.43. The number of nitrogen functional groups attached to an aromatic ring is 1. The fourth-order valence-corrected chi connectivity index (χ4v) is 2.22. The molecular formula is C14H15N5. The van der Waals surface area contributed by atoms with Gasteiger partial charge in [-0.15, -0.1) is 0 Å². The number of fused-ring (bicyclic) bond motifs is 1. The number of imidazole rings is 1. The largest absolute Gasteiger partial charge is 0.368 e. The summed E-state index contributed by atoms with van der Waals surface area (Å²) in [4.78, 5) is 12.9. The fraction of sp³-hybridized carbons (Fsp3) is 0.214. The van der Waals surface area contributed by atoms with Gasteiger partial charge < -0.3 is 10.3 Å². The summed E-state index contributed by atoms with van der Waals surface area (Å²) < 4.78 is 2.07. The van der Waals surface area contributed by atoms with Crippen LogP contribution < -0.4 is 5.73 Å². The first kappa shape index (κ1) is 11.6. The van der Waals surface area contributed by atoms with Gasteiger partial charge in [0.1, 0.15) is 5.82 Å². The summed E-state index contributed by atoms with van der Waals surface area (Å²) in [7, 11) is 2.01. The molecule has 0 atom stereocenters. The van der Waals surface area contributed by atoms with Gasteiger partial charge in [-0.2, -0.15) is 0 Å². The molecule has 0 aliphatic rings. The van der Waals surface area contributed by atoms with Crippen molar-refractivity contribution in [2.24, 2.45) is 7.05 Å². The van der Waals surface area contributed by atoms with Crippen molar-refractivity contribution in [3.8, 4) is 11.3 Å². The number of hydrogen-bond donors (Lipinski definition) is 1. The van der Waals surface area contributed by atoms with Crippen LogP contribution in [0.5, 0.6) is 0 Å². The molecule has 0 saturated heterocycles. The second-order valence-electron chi connectivity index (χ2n) is 4.67. The van der Waals surface area contributed by atoms with Crippen molar-refractivity contribution in [2.75, 3.05) is 5.73 Å². The zero-order valence-corrected chi connectivity index (χ0v) is 11.2. The van der Waals surface area contributed by atoms with E-state index in [1.165, 1.54) is 0 Å². The van der Waals surface area contributed by atoms with E-state index in [0.29, 0.717) is 5.95 Å². The van der Waals surface area contributed by atoms with Gasteiger partial charge in [-0.25, -0.2) is 15.0 Å². The molecule has 5 heteroatoms. The Balaban J connectivity index is 2.20. The molecule has 0 aliphatic heterocycles. The van der Waals surface area contributed by atoms with E-state index in [1.54, 1.807) is 0 Å². The summed E-state index contributed by atoms with van der Waals surface area (Å²) in [6, 6.07) is 8.04. The van der Waals surface area contributed by atoms with Crippen LogP contribution in [0, 0.1) is 13.8 Å². The molecule has 3 aromatic rings. The van der Waals surface area contributed by atoms with Crippen molar-refractivity contribution < 1.29 is 0 Å².